The third-order valence-electron chi connectivity index (χ3n) is 5.66. The zero-order valence-electron chi connectivity index (χ0n) is 16.5. The van der Waals surface area contributed by atoms with Gasteiger partial charge in [0.1, 0.15) is 5.52 Å². The molecule has 1 aromatic carbocycles. The molecule has 9 heteroatoms. The van der Waals surface area contributed by atoms with Crippen molar-refractivity contribution in [3.8, 4) is 17.0 Å². The topological polar surface area (TPSA) is 79.1 Å². The Hall–Kier alpha value is -2.97. The summed E-state index contributed by atoms with van der Waals surface area (Å²) < 4.78 is 16.1. The van der Waals surface area contributed by atoms with Crippen LogP contribution in [0.15, 0.2) is 30.6 Å². The van der Waals surface area contributed by atoms with Crippen LogP contribution in [0.4, 0.5) is 10.1 Å². The van der Waals surface area contributed by atoms with E-state index in [-0.39, 0.29) is 11.1 Å². The number of nitrogens with one attached hydrogen (secondary N) is 1. The molecule has 3 aromatic heterocycles. The molecule has 1 saturated heterocycles. The molecule has 30 heavy (non-hydrogen) atoms. The summed E-state index contributed by atoms with van der Waals surface area (Å²) >= 11 is 6.56. The Labute approximate surface area is 177 Å². The summed E-state index contributed by atoms with van der Waals surface area (Å²) in [7, 11) is 3.66. The van der Waals surface area contributed by atoms with Crippen LogP contribution in [0, 0.1) is 5.82 Å². The molecule has 154 valence electrons. The number of phenols is 1. The number of hydrogen-bond donors (Lipinski definition) is 2. The average molecular weight is 427 g/mol. The Morgan fingerprint density at radius 3 is 2.90 bits per heavy atom. The van der Waals surface area contributed by atoms with Crippen LogP contribution in [0.1, 0.15) is 6.42 Å². The quantitative estimate of drug-likeness (QED) is 0.522. The second-order valence-electron chi connectivity index (χ2n) is 7.60. The lowest BCUT2D eigenvalue weighted by atomic mass is 10.1. The highest BCUT2D eigenvalue weighted by molar-refractivity contribution is 6.35. The Morgan fingerprint density at radius 2 is 2.13 bits per heavy atom. The number of pyridine rings is 2. The number of anilines is 1. The third-order valence-corrected chi connectivity index (χ3v) is 5.98. The average Bonchev–Trinajstić information content (AvgIpc) is 3.36. The number of halogens is 2. The van der Waals surface area contributed by atoms with Gasteiger partial charge in [0.05, 0.1) is 22.6 Å². The van der Waals surface area contributed by atoms with Gasteiger partial charge in [-0.3, -0.25) is 4.68 Å². The van der Waals surface area contributed by atoms with Crippen LogP contribution in [-0.4, -0.2) is 51.0 Å². The maximum absolute atomic E-state index is 14.6. The molecule has 4 aromatic rings. The molecule has 1 atom stereocenters. The largest absolute Gasteiger partial charge is 0.504 e. The highest BCUT2D eigenvalue weighted by Gasteiger charge is 2.23. The lowest BCUT2D eigenvalue weighted by Crippen LogP contribution is -2.29. The fourth-order valence-corrected chi connectivity index (χ4v) is 4.27. The zero-order valence-corrected chi connectivity index (χ0v) is 17.3. The van der Waals surface area contributed by atoms with Crippen molar-refractivity contribution >= 4 is 39.2 Å². The van der Waals surface area contributed by atoms with Crippen molar-refractivity contribution in [3.63, 3.8) is 0 Å². The van der Waals surface area contributed by atoms with E-state index in [0.29, 0.717) is 33.2 Å². The van der Waals surface area contributed by atoms with Crippen molar-refractivity contribution in [1.29, 1.82) is 0 Å². The van der Waals surface area contributed by atoms with E-state index in [0.717, 1.165) is 25.2 Å². The van der Waals surface area contributed by atoms with E-state index >= 15 is 0 Å². The summed E-state index contributed by atoms with van der Waals surface area (Å²) in [6.07, 6.45) is 4.53. The highest BCUT2D eigenvalue weighted by Crippen LogP contribution is 2.38. The summed E-state index contributed by atoms with van der Waals surface area (Å²) in [6, 6.07) is 5.72. The van der Waals surface area contributed by atoms with Gasteiger partial charge in [0.15, 0.2) is 17.2 Å². The molecule has 4 heterocycles. The van der Waals surface area contributed by atoms with Crippen molar-refractivity contribution in [1.82, 2.24) is 25.1 Å². The molecule has 1 aliphatic heterocycles. The minimum Gasteiger partial charge on any atom is -0.504 e. The van der Waals surface area contributed by atoms with Gasteiger partial charge in [0.2, 0.25) is 0 Å². The number of fused-ring (bicyclic) bond motifs is 2. The Kier molecular flexibility index (Phi) is 4.48. The number of rotatable bonds is 3. The van der Waals surface area contributed by atoms with Gasteiger partial charge in [-0.05, 0) is 31.7 Å². The van der Waals surface area contributed by atoms with E-state index in [9.17, 15) is 9.50 Å². The van der Waals surface area contributed by atoms with Gasteiger partial charge in [-0.15, -0.1) is 0 Å². The molecule has 0 aliphatic carbocycles. The Bertz CT molecular complexity index is 1290. The van der Waals surface area contributed by atoms with Crippen molar-refractivity contribution in [2.24, 2.45) is 7.05 Å². The van der Waals surface area contributed by atoms with Crippen LogP contribution in [0.3, 0.4) is 0 Å². The molecule has 1 aliphatic rings. The Balaban J connectivity index is 1.59. The van der Waals surface area contributed by atoms with Gasteiger partial charge in [-0.25, -0.2) is 14.4 Å². The van der Waals surface area contributed by atoms with Crippen molar-refractivity contribution < 1.29 is 9.50 Å². The molecular formula is C21H20ClFN6O. The smallest absolute Gasteiger partial charge is 0.193 e. The highest BCUT2D eigenvalue weighted by atomic mass is 35.5. The number of benzene rings is 1. The first-order valence-corrected chi connectivity index (χ1v) is 10.1. The summed E-state index contributed by atoms with van der Waals surface area (Å²) in [5.74, 6) is -1.28. The fraction of sp³-hybridized carbons (Fsp3) is 0.286. The van der Waals surface area contributed by atoms with Gasteiger partial charge in [-0.1, -0.05) is 11.6 Å². The van der Waals surface area contributed by atoms with E-state index in [2.05, 4.69) is 25.3 Å². The molecular weight excluding hydrogens is 407 g/mol. The van der Waals surface area contributed by atoms with Crippen LogP contribution in [0.2, 0.25) is 5.02 Å². The first kappa shape index (κ1) is 19.0. The number of hydrogen-bond acceptors (Lipinski definition) is 6. The van der Waals surface area contributed by atoms with E-state index in [1.165, 1.54) is 4.68 Å². The molecule has 1 fully saturated rings. The zero-order chi connectivity index (χ0) is 21.0. The minimum atomic E-state index is -0.780. The lowest BCUT2D eigenvalue weighted by molar-refractivity contribution is 0.437. The normalized spacial score (nSPS) is 16.8. The van der Waals surface area contributed by atoms with Crippen molar-refractivity contribution in [2.45, 2.75) is 12.5 Å². The summed E-state index contributed by atoms with van der Waals surface area (Å²) in [6.45, 7) is 1.85. The summed E-state index contributed by atoms with van der Waals surface area (Å²) in [4.78, 5) is 11.3. The molecule has 2 N–H and O–H groups in total. The first-order valence-electron chi connectivity index (χ1n) is 9.68. The molecule has 0 amide bonds. The second-order valence-corrected chi connectivity index (χ2v) is 8.01. The number of phenolic OH excluding ortho intramolecular Hbond substituents is 1. The number of aryl methyl sites for hydroxylation is 1. The Morgan fingerprint density at radius 1 is 1.30 bits per heavy atom. The standard InChI is InChI=1S/C21H20ClFN6O/c1-24-12-3-4-29(10-12)13-6-14-16(22)7-17(26-21(14)25-8-13)15-5-11-9-28(2)27-19(11)18(23)20(15)30/h5-9,12,24,30H,3-4,10H2,1-2H3/t12-/m0/s1. The third kappa shape index (κ3) is 3.03. The van der Waals surface area contributed by atoms with Crippen LogP contribution < -0.4 is 10.2 Å². The molecule has 5 rings (SSSR count). The van der Waals surface area contributed by atoms with Crippen LogP contribution in [0.25, 0.3) is 33.2 Å². The van der Waals surface area contributed by atoms with Gasteiger partial charge in [0.25, 0.3) is 0 Å². The minimum absolute atomic E-state index is 0.110. The summed E-state index contributed by atoms with van der Waals surface area (Å²) in [5.41, 5.74) is 2.14. The van der Waals surface area contributed by atoms with Gasteiger partial charge < -0.3 is 15.3 Å². The molecule has 0 radical (unpaired) electrons. The fourth-order valence-electron chi connectivity index (χ4n) is 4.03. The van der Waals surface area contributed by atoms with Crippen LogP contribution in [0.5, 0.6) is 5.75 Å². The molecule has 0 unspecified atom stereocenters. The van der Waals surface area contributed by atoms with E-state index in [4.69, 9.17) is 11.6 Å². The van der Waals surface area contributed by atoms with E-state index in [1.807, 2.05) is 13.1 Å². The lowest BCUT2D eigenvalue weighted by Gasteiger charge is -2.19. The van der Waals surface area contributed by atoms with Crippen molar-refractivity contribution in [2.75, 3.05) is 25.0 Å². The van der Waals surface area contributed by atoms with Crippen LogP contribution >= 0.6 is 11.6 Å². The summed E-state index contributed by atoms with van der Waals surface area (Å²) in [5, 5.41) is 19.5. The second kappa shape index (κ2) is 7.07. The monoisotopic (exact) mass is 426 g/mol. The number of aromatic hydroxyl groups is 1. The van der Waals surface area contributed by atoms with Crippen LogP contribution in [-0.2, 0) is 7.05 Å². The van der Waals surface area contributed by atoms with E-state index in [1.54, 1.807) is 31.6 Å². The van der Waals surface area contributed by atoms with Crippen molar-refractivity contribution in [3.05, 3.63) is 41.4 Å². The van der Waals surface area contributed by atoms with E-state index < -0.39 is 11.6 Å². The SMILES string of the molecule is CN[C@H]1CCN(c2cnc3nc(-c4cc5cn(C)nc5c(F)c4O)cc(Cl)c3c2)C1. The molecule has 0 bridgehead atoms. The first-order chi connectivity index (χ1) is 14.4. The maximum atomic E-state index is 14.6. The number of likely N-dealkylation sites (N-methyl/N-ethyl adjacent to an activating group) is 1. The maximum Gasteiger partial charge on any atom is 0.193 e. The number of aromatic nitrogens is 4. The molecule has 0 spiro atoms. The predicted molar refractivity (Wildman–Crippen MR) is 116 cm³/mol. The molecule has 7 nitrogen and oxygen atoms in total. The predicted octanol–water partition coefficient (Wildman–Crippen LogP) is 3.48. The van der Waals surface area contributed by atoms with Gasteiger partial charge in [0, 0.05) is 48.7 Å². The van der Waals surface area contributed by atoms with Gasteiger partial charge >= 0.3 is 0 Å². The van der Waals surface area contributed by atoms with Gasteiger partial charge in [-0.2, -0.15) is 5.10 Å². The molecule has 0 saturated carbocycles. The number of nitrogens with zero attached hydrogens (tertiary/aromatic N) is 5.